The number of rotatable bonds is 2. The Kier molecular flexibility index (Phi) is 2.77. The SMILES string of the molecule is [CH]=CC(=O)CCl. The fourth-order valence-corrected chi connectivity index (χ4v) is 0.134. The lowest BCUT2D eigenvalue weighted by Gasteiger charge is -1.73. The van der Waals surface area contributed by atoms with Crippen LogP contribution in [-0.4, -0.2) is 11.7 Å². The van der Waals surface area contributed by atoms with E-state index in [1.807, 2.05) is 0 Å². The van der Waals surface area contributed by atoms with Crippen LogP contribution in [0.4, 0.5) is 0 Å². The fourth-order valence-electron chi connectivity index (χ4n) is 0.0445. The van der Waals surface area contributed by atoms with Gasteiger partial charge in [0.2, 0.25) is 0 Å². The maximum Gasteiger partial charge on any atom is 0.170 e. The van der Waals surface area contributed by atoms with Gasteiger partial charge in [-0.1, -0.05) is 6.58 Å². The van der Waals surface area contributed by atoms with Crippen LogP contribution in [0.2, 0.25) is 0 Å². The average molecular weight is 104 g/mol. The van der Waals surface area contributed by atoms with E-state index < -0.39 is 0 Å². The minimum atomic E-state index is -0.239. The van der Waals surface area contributed by atoms with Gasteiger partial charge in [0, 0.05) is 0 Å². The van der Waals surface area contributed by atoms with E-state index in [4.69, 9.17) is 18.2 Å². The first kappa shape index (κ1) is 5.70. The molecule has 0 N–H and O–H groups in total. The molecule has 0 aromatic rings. The second-order valence-electron chi connectivity index (χ2n) is 0.767. The lowest BCUT2D eigenvalue weighted by Crippen LogP contribution is -1.89. The van der Waals surface area contributed by atoms with Crippen molar-refractivity contribution in [2.45, 2.75) is 0 Å². The van der Waals surface area contributed by atoms with Crippen LogP contribution >= 0.6 is 11.6 Å². The van der Waals surface area contributed by atoms with E-state index in [0.717, 1.165) is 6.08 Å². The van der Waals surface area contributed by atoms with Gasteiger partial charge in [-0.05, 0) is 6.08 Å². The molecule has 33 valence electrons. The molecule has 0 aromatic heterocycles. The minimum Gasteiger partial charge on any atom is -0.294 e. The number of hydrogen-bond donors (Lipinski definition) is 0. The normalized spacial score (nSPS) is 7.50. The Morgan fingerprint density at radius 3 is 2.50 bits per heavy atom. The smallest absolute Gasteiger partial charge is 0.170 e. The van der Waals surface area contributed by atoms with Crippen molar-refractivity contribution in [3.8, 4) is 0 Å². The topological polar surface area (TPSA) is 17.1 Å². The van der Waals surface area contributed by atoms with Crippen molar-refractivity contribution in [1.29, 1.82) is 0 Å². The van der Waals surface area contributed by atoms with E-state index >= 15 is 0 Å². The van der Waals surface area contributed by atoms with Crippen molar-refractivity contribution < 1.29 is 4.79 Å². The van der Waals surface area contributed by atoms with Crippen LogP contribution in [0.15, 0.2) is 6.08 Å². The molecule has 0 aliphatic rings. The Morgan fingerprint density at radius 2 is 2.50 bits per heavy atom. The molecule has 0 aliphatic carbocycles. The molecule has 0 aromatic carbocycles. The number of carbonyl (C=O) groups excluding carboxylic acids is 1. The highest BCUT2D eigenvalue weighted by molar-refractivity contribution is 6.29. The predicted molar refractivity (Wildman–Crippen MR) is 24.6 cm³/mol. The van der Waals surface area contributed by atoms with Crippen LogP contribution in [0.25, 0.3) is 0 Å². The van der Waals surface area contributed by atoms with E-state index in [9.17, 15) is 4.79 Å². The third-order valence-corrected chi connectivity index (χ3v) is 0.581. The lowest BCUT2D eigenvalue weighted by atomic mass is 10.5. The van der Waals surface area contributed by atoms with Crippen LogP contribution in [0.1, 0.15) is 0 Å². The van der Waals surface area contributed by atoms with Gasteiger partial charge in [0.1, 0.15) is 0 Å². The molecule has 0 spiro atoms. The summed E-state index contributed by atoms with van der Waals surface area (Å²) in [5.74, 6) is -0.257. The van der Waals surface area contributed by atoms with Crippen LogP contribution < -0.4 is 0 Å². The molecule has 0 unspecified atom stereocenters. The first-order valence-electron chi connectivity index (χ1n) is 1.45. The largest absolute Gasteiger partial charge is 0.294 e. The molecule has 0 bridgehead atoms. The number of carbonyl (C=O) groups is 1. The zero-order valence-electron chi connectivity index (χ0n) is 3.15. The highest BCUT2D eigenvalue weighted by Gasteiger charge is 1.84. The Labute approximate surface area is 41.6 Å². The first-order valence-corrected chi connectivity index (χ1v) is 1.98. The van der Waals surface area contributed by atoms with Crippen molar-refractivity contribution in [3.63, 3.8) is 0 Å². The summed E-state index contributed by atoms with van der Waals surface area (Å²) in [5.41, 5.74) is 0. The highest BCUT2D eigenvalue weighted by Crippen LogP contribution is 1.75. The molecule has 1 nitrogen and oxygen atoms in total. The molecule has 6 heavy (non-hydrogen) atoms. The quantitative estimate of drug-likeness (QED) is 0.373. The van der Waals surface area contributed by atoms with Crippen LogP contribution in [-0.2, 0) is 4.79 Å². The van der Waals surface area contributed by atoms with Crippen molar-refractivity contribution in [2.75, 3.05) is 5.88 Å². The number of halogens is 1. The highest BCUT2D eigenvalue weighted by atomic mass is 35.5. The van der Waals surface area contributed by atoms with E-state index in [1.54, 1.807) is 0 Å². The van der Waals surface area contributed by atoms with Gasteiger partial charge in [-0.3, -0.25) is 4.79 Å². The predicted octanol–water partition coefficient (Wildman–Crippen LogP) is 0.783. The van der Waals surface area contributed by atoms with Gasteiger partial charge >= 0.3 is 0 Å². The Bertz CT molecular complexity index is 67.9. The van der Waals surface area contributed by atoms with Gasteiger partial charge < -0.3 is 0 Å². The van der Waals surface area contributed by atoms with Gasteiger partial charge in [0.25, 0.3) is 0 Å². The van der Waals surface area contributed by atoms with Gasteiger partial charge in [0.15, 0.2) is 5.78 Å². The second kappa shape index (κ2) is 2.91. The molecular weight excluding hydrogens is 99.5 g/mol. The van der Waals surface area contributed by atoms with Gasteiger partial charge in [-0.15, -0.1) is 11.6 Å². The molecule has 0 rings (SSSR count). The number of alkyl halides is 1. The van der Waals surface area contributed by atoms with Crippen molar-refractivity contribution in [1.82, 2.24) is 0 Å². The third-order valence-electron chi connectivity index (χ3n) is 0.318. The number of ketones is 1. The van der Waals surface area contributed by atoms with Crippen LogP contribution in [0.3, 0.4) is 0 Å². The number of allylic oxidation sites excluding steroid dienone is 1. The first-order chi connectivity index (χ1) is 2.81. The molecule has 1 radical (unpaired) electrons. The monoisotopic (exact) mass is 103 g/mol. The van der Waals surface area contributed by atoms with E-state index in [0.29, 0.717) is 0 Å². The standard InChI is InChI=1S/C4H4ClO/c1-2-4(6)3-5/h1-2H,3H2. The summed E-state index contributed by atoms with van der Waals surface area (Å²) in [4.78, 5) is 9.87. The van der Waals surface area contributed by atoms with E-state index in [2.05, 4.69) is 0 Å². The summed E-state index contributed by atoms with van der Waals surface area (Å²) in [7, 11) is 0. The Balaban J connectivity index is 3.23. The summed E-state index contributed by atoms with van der Waals surface area (Å²) in [6, 6.07) is 0. The molecule has 0 saturated heterocycles. The molecule has 0 saturated carbocycles. The summed E-state index contributed by atoms with van der Waals surface area (Å²) < 4.78 is 0. The van der Waals surface area contributed by atoms with Gasteiger partial charge in [0.05, 0.1) is 5.88 Å². The van der Waals surface area contributed by atoms with Crippen LogP contribution in [0, 0.1) is 6.58 Å². The molecule has 2 heteroatoms. The zero-order chi connectivity index (χ0) is 4.99. The van der Waals surface area contributed by atoms with Gasteiger partial charge in [-0.25, -0.2) is 0 Å². The maximum atomic E-state index is 9.87. The lowest BCUT2D eigenvalue weighted by molar-refractivity contribution is -0.112. The average Bonchev–Trinajstić information content (AvgIpc) is 1.65. The second-order valence-corrected chi connectivity index (χ2v) is 1.03. The summed E-state index contributed by atoms with van der Waals surface area (Å²) >= 11 is 4.99. The molecular formula is C4H4ClO. The zero-order valence-corrected chi connectivity index (χ0v) is 3.90. The molecule has 0 heterocycles. The van der Waals surface area contributed by atoms with Crippen molar-refractivity contribution in [2.24, 2.45) is 0 Å². The Hall–Kier alpha value is -0.300. The maximum absolute atomic E-state index is 9.87. The van der Waals surface area contributed by atoms with Crippen molar-refractivity contribution in [3.05, 3.63) is 12.7 Å². The Morgan fingerprint density at radius 1 is 2.00 bits per heavy atom. The van der Waals surface area contributed by atoms with E-state index in [1.165, 1.54) is 0 Å². The summed E-state index contributed by atoms with van der Waals surface area (Å²) in [6.07, 6.45) is 0.951. The molecule has 0 aliphatic heterocycles. The van der Waals surface area contributed by atoms with Crippen LogP contribution in [0.5, 0.6) is 0 Å². The van der Waals surface area contributed by atoms with E-state index in [-0.39, 0.29) is 11.7 Å². The summed E-state index contributed by atoms with van der Waals surface area (Å²) in [5, 5.41) is 0. The minimum absolute atomic E-state index is 0.0174. The third kappa shape index (κ3) is 1.97. The number of hydrogen-bond acceptors (Lipinski definition) is 1. The fraction of sp³-hybridized carbons (Fsp3) is 0.250. The summed E-state index contributed by atoms with van der Waals surface area (Å²) in [6.45, 7) is 4.72. The van der Waals surface area contributed by atoms with Gasteiger partial charge in [-0.2, -0.15) is 0 Å². The molecule has 0 atom stereocenters. The van der Waals surface area contributed by atoms with Crippen molar-refractivity contribution >= 4 is 17.4 Å². The molecule has 0 amide bonds. The molecule has 0 fully saturated rings.